The highest BCUT2D eigenvalue weighted by Crippen LogP contribution is 2.23. The second kappa shape index (κ2) is 7.52. The zero-order chi connectivity index (χ0) is 16.1. The fourth-order valence-electron chi connectivity index (χ4n) is 1.33. The molecule has 0 fully saturated rings. The largest absolute Gasteiger partial charge is 0.320 e. The molecular weight excluding hydrogens is 332 g/mol. The van der Waals surface area contributed by atoms with Crippen LogP contribution in [0.3, 0.4) is 0 Å². The van der Waals surface area contributed by atoms with Crippen molar-refractivity contribution in [1.82, 2.24) is 10.0 Å². The number of halogens is 4. The summed E-state index contributed by atoms with van der Waals surface area (Å²) in [4.78, 5) is 0.510. The molecule has 0 amide bonds. The smallest absolute Gasteiger partial charge is 0.312 e. The third-order valence-corrected chi connectivity index (χ3v) is 4.95. The van der Waals surface area contributed by atoms with E-state index in [1.807, 2.05) is 6.92 Å². The predicted molar refractivity (Wildman–Crippen MR) is 72.5 cm³/mol. The van der Waals surface area contributed by atoms with Crippen molar-refractivity contribution in [2.75, 3.05) is 13.1 Å². The van der Waals surface area contributed by atoms with Crippen LogP contribution in [0.2, 0.25) is 0 Å². The van der Waals surface area contributed by atoms with Gasteiger partial charge in [0.15, 0.2) is 0 Å². The lowest BCUT2D eigenvalue weighted by molar-refractivity contribution is -0.122. The molecule has 0 saturated heterocycles. The van der Waals surface area contributed by atoms with Crippen LogP contribution >= 0.6 is 11.3 Å². The Hall–Kier alpha value is -0.710. The van der Waals surface area contributed by atoms with Gasteiger partial charge in [-0.2, -0.15) is 8.78 Å². The summed E-state index contributed by atoms with van der Waals surface area (Å²) in [6.45, 7) is 1.57. The van der Waals surface area contributed by atoms with Gasteiger partial charge in [-0.15, -0.1) is 11.3 Å². The van der Waals surface area contributed by atoms with Crippen LogP contribution in [0.15, 0.2) is 16.3 Å². The summed E-state index contributed by atoms with van der Waals surface area (Å²) in [5.74, 6) is -4.39. The molecule has 0 aromatic carbocycles. The number of thiophene rings is 1. The number of hydrogen-bond donors (Lipinski definition) is 2. The molecule has 0 aliphatic heterocycles. The van der Waals surface area contributed by atoms with Gasteiger partial charge in [-0.05, 0) is 19.0 Å². The summed E-state index contributed by atoms with van der Waals surface area (Å²) in [5, 5.41) is 4.35. The maximum atomic E-state index is 12.7. The summed E-state index contributed by atoms with van der Waals surface area (Å²) < 4.78 is 74.4. The van der Waals surface area contributed by atoms with E-state index in [2.05, 4.69) is 5.32 Å². The molecule has 10 heteroatoms. The summed E-state index contributed by atoms with van der Waals surface area (Å²) in [6, 6.07) is 1.33. The van der Waals surface area contributed by atoms with E-state index in [1.54, 1.807) is 0 Å². The number of alkyl halides is 4. The van der Waals surface area contributed by atoms with E-state index in [9.17, 15) is 26.0 Å². The summed E-state index contributed by atoms with van der Waals surface area (Å²) in [5.41, 5.74) is 0. The monoisotopic (exact) mass is 348 g/mol. The molecule has 0 radical (unpaired) electrons. The molecular formula is C11H16F4N2O2S2. The Bertz CT molecular complexity index is 546. The maximum absolute atomic E-state index is 12.7. The minimum atomic E-state index is -4.39. The Balaban J connectivity index is 2.66. The van der Waals surface area contributed by atoms with Crippen molar-refractivity contribution < 1.29 is 26.0 Å². The first kappa shape index (κ1) is 18.3. The molecule has 0 unspecified atom stereocenters. The molecule has 1 rings (SSSR count). The van der Waals surface area contributed by atoms with Crippen LogP contribution in [0.4, 0.5) is 17.6 Å². The Morgan fingerprint density at radius 3 is 2.62 bits per heavy atom. The topological polar surface area (TPSA) is 58.2 Å². The van der Waals surface area contributed by atoms with E-state index in [0.29, 0.717) is 11.4 Å². The molecule has 1 aromatic heterocycles. The van der Waals surface area contributed by atoms with Crippen molar-refractivity contribution in [3.8, 4) is 0 Å². The number of rotatable bonds is 9. The third-order valence-electron chi connectivity index (χ3n) is 2.48. The van der Waals surface area contributed by atoms with Crippen LogP contribution in [0.1, 0.15) is 18.2 Å². The van der Waals surface area contributed by atoms with Crippen LogP contribution < -0.4 is 10.0 Å². The lowest BCUT2D eigenvalue weighted by Gasteiger charge is -2.15. The Labute approximate surface area is 124 Å². The highest BCUT2D eigenvalue weighted by molar-refractivity contribution is 7.89. The Morgan fingerprint density at radius 2 is 2.05 bits per heavy atom. The summed E-state index contributed by atoms with van der Waals surface area (Å²) in [6.07, 6.45) is -3.00. The first-order valence-electron chi connectivity index (χ1n) is 6.13. The number of sulfonamides is 1. The van der Waals surface area contributed by atoms with Gasteiger partial charge in [0.2, 0.25) is 10.0 Å². The van der Waals surface area contributed by atoms with Crippen molar-refractivity contribution in [3.63, 3.8) is 0 Å². The molecule has 21 heavy (non-hydrogen) atoms. The maximum Gasteiger partial charge on any atom is 0.320 e. The minimum Gasteiger partial charge on any atom is -0.312 e. The molecule has 4 nitrogen and oxygen atoms in total. The Kier molecular flexibility index (Phi) is 6.57. The van der Waals surface area contributed by atoms with Crippen LogP contribution in [-0.2, 0) is 16.6 Å². The van der Waals surface area contributed by atoms with Gasteiger partial charge in [-0.1, -0.05) is 6.92 Å². The fourth-order valence-corrected chi connectivity index (χ4v) is 3.62. The normalized spacial score (nSPS) is 13.0. The third kappa shape index (κ3) is 5.53. The van der Waals surface area contributed by atoms with E-state index in [1.165, 1.54) is 16.2 Å². The Morgan fingerprint density at radius 1 is 1.38 bits per heavy atom. The van der Waals surface area contributed by atoms with Crippen LogP contribution in [0, 0.1) is 0 Å². The lowest BCUT2D eigenvalue weighted by atomic mass is 10.4. The average molecular weight is 348 g/mol. The van der Waals surface area contributed by atoms with Gasteiger partial charge in [-0.3, -0.25) is 0 Å². The van der Waals surface area contributed by atoms with Crippen LogP contribution in [0.25, 0.3) is 0 Å². The van der Waals surface area contributed by atoms with Crippen molar-refractivity contribution in [2.45, 2.75) is 37.1 Å². The molecule has 2 N–H and O–H groups in total. The van der Waals surface area contributed by atoms with E-state index >= 15 is 0 Å². The molecule has 122 valence electrons. The molecule has 0 bridgehead atoms. The summed E-state index contributed by atoms with van der Waals surface area (Å²) in [7, 11) is -4.22. The first-order valence-corrected chi connectivity index (χ1v) is 8.49. The highest BCUT2D eigenvalue weighted by atomic mass is 32.2. The molecule has 0 aliphatic carbocycles. The van der Waals surface area contributed by atoms with Crippen molar-refractivity contribution in [3.05, 3.63) is 16.3 Å². The lowest BCUT2D eigenvalue weighted by Crippen LogP contribution is -2.41. The molecule has 1 heterocycles. The van der Waals surface area contributed by atoms with Gasteiger partial charge in [0.05, 0.1) is 11.4 Å². The van der Waals surface area contributed by atoms with Crippen LogP contribution in [-0.4, -0.2) is 33.9 Å². The second-order valence-corrected chi connectivity index (χ2v) is 7.07. The predicted octanol–water partition coefficient (Wildman–Crippen LogP) is 2.43. The van der Waals surface area contributed by atoms with E-state index < -0.39 is 28.9 Å². The van der Waals surface area contributed by atoms with Gasteiger partial charge < -0.3 is 5.32 Å². The number of nitrogens with one attached hydrogen (secondary N) is 2. The zero-order valence-corrected chi connectivity index (χ0v) is 12.8. The van der Waals surface area contributed by atoms with Crippen molar-refractivity contribution in [1.29, 1.82) is 0 Å². The fraction of sp³-hybridized carbons (Fsp3) is 0.636. The van der Waals surface area contributed by atoms with Gasteiger partial charge in [-0.25, -0.2) is 21.9 Å². The van der Waals surface area contributed by atoms with Crippen LogP contribution in [0.5, 0.6) is 0 Å². The van der Waals surface area contributed by atoms with E-state index in [-0.39, 0.29) is 4.90 Å². The van der Waals surface area contributed by atoms with Gasteiger partial charge in [0.25, 0.3) is 0 Å². The average Bonchev–Trinajstić information content (AvgIpc) is 2.86. The number of hydrogen-bond acceptors (Lipinski definition) is 4. The highest BCUT2D eigenvalue weighted by Gasteiger charge is 2.41. The quantitative estimate of drug-likeness (QED) is 0.532. The van der Waals surface area contributed by atoms with E-state index in [0.717, 1.165) is 24.3 Å². The summed E-state index contributed by atoms with van der Waals surface area (Å²) >= 11 is 1.15. The molecule has 0 atom stereocenters. The second-order valence-electron chi connectivity index (χ2n) is 4.31. The standard InChI is InChI=1S/C11H16F4N2O2S2/c1-2-3-16-5-8-4-9(6-20-8)21(18,19)17-7-11(14,15)10(12)13/h4,6,10,16-17H,2-3,5,7H2,1H3. The SMILES string of the molecule is CCCNCc1cc(S(=O)(=O)NCC(F)(F)C(F)F)cs1. The van der Waals surface area contributed by atoms with Crippen molar-refractivity contribution in [2.24, 2.45) is 0 Å². The molecule has 1 aromatic rings. The van der Waals surface area contributed by atoms with Gasteiger partial charge in [0.1, 0.15) is 0 Å². The first-order chi connectivity index (χ1) is 9.69. The molecule has 0 spiro atoms. The molecule has 0 aliphatic rings. The van der Waals surface area contributed by atoms with E-state index in [4.69, 9.17) is 0 Å². The van der Waals surface area contributed by atoms with Gasteiger partial charge >= 0.3 is 12.3 Å². The molecule has 0 saturated carbocycles. The zero-order valence-electron chi connectivity index (χ0n) is 11.2. The minimum absolute atomic E-state index is 0.203. The van der Waals surface area contributed by atoms with Gasteiger partial charge in [0, 0.05) is 16.8 Å². The van der Waals surface area contributed by atoms with Crippen molar-refractivity contribution >= 4 is 21.4 Å².